The Bertz CT molecular complexity index is 1620. The van der Waals surface area contributed by atoms with Crippen molar-refractivity contribution in [2.24, 2.45) is 0 Å². The van der Waals surface area contributed by atoms with Gasteiger partial charge in [0.05, 0.1) is 43.7 Å². The van der Waals surface area contributed by atoms with Crippen LogP contribution >= 0.6 is 34.5 Å². The third-order valence-electron chi connectivity index (χ3n) is 4.72. The van der Waals surface area contributed by atoms with E-state index in [4.69, 9.17) is 23.2 Å². The lowest BCUT2D eigenvalue weighted by Gasteiger charge is -2.15. The molecule has 0 radical (unpaired) electrons. The molecule has 0 unspecified atom stereocenters. The maximum atomic E-state index is 12.7. The number of fused-ring (bicyclic) bond motifs is 1. The van der Waals surface area contributed by atoms with Crippen LogP contribution in [-0.2, 0) is 16.4 Å². The van der Waals surface area contributed by atoms with Gasteiger partial charge in [-0.25, -0.2) is 13.1 Å². The molecule has 0 amide bonds. The molecule has 2 aromatic carbocycles. The topological polar surface area (TPSA) is 141 Å². The average Bonchev–Trinajstić information content (AvgIpc) is 3.22. The Morgan fingerprint density at radius 2 is 1.94 bits per heavy atom. The van der Waals surface area contributed by atoms with Crippen molar-refractivity contribution in [1.82, 2.24) is 20.0 Å². The molecule has 0 aliphatic heterocycles. The first-order valence-corrected chi connectivity index (χ1v) is 12.8. The zero-order chi connectivity index (χ0) is 24.8. The predicted octanol–water partition coefficient (Wildman–Crippen LogP) is 3.49. The Balaban J connectivity index is 1.69. The van der Waals surface area contributed by atoms with Crippen LogP contribution in [-0.4, -0.2) is 46.6 Å². The first-order chi connectivity index (χ1) is 15.9. The van der Waals surface area contributed by atoms with E-state index in [1.165, 1.54) is 4.68 Å². The molecule has 0 atom stereocenters. The largest absolute Gasteiger partial charge is 0.345 e. The van der Waals surface area contributed by atoms with Crippen LogP contribution in [0.25, 0.3) is 15.8 Å². The number of hydrogen-bond acceptors (Lipinski definition) is 10. The van der Waals surface area contributed by atoms with Gasteiger partial charge < -0.3 is 4.90 Å². The van der Waals surface area contributed by atoms with Gasteiger partial charge >= 0.3 is 0 Å². The number of nitrogens with zero attached hydrogens (tertiary/aromatic N) is 6. The molecular formula is C19H14Cl2N6O5S2. The van der Waals surface area contributed by atoms with E-state index in [0.717, 1.165) is 29.7 Å². The summed E-state index contributed by atoms with van der Waals surface area (Å²) in [6, 6.07) is 7.03. The molecule has 4 aromatic rings. The van der Waals surface area contributed by atoms with Gasteiger partial charge in [0.1, 0.15) is 10.4 Å². The number of sulfone groups is 1. The van der Waals surface area contributed by atoms with Crippen molar-refractivity contribution in [2.45, 2.75) is 11.4 Å². The standard InChI is InChI=1S/C19H14Cl2N6O5S2/c1-25(8-10-9-26(24-23-10)11-3-4-14(20)15(21)5-11)19-22-18(28)13-6-12(34(2,31)32)7-16(27(29)30)17(13)33-19/h3-7,9H,8H2,1-2H3. The van der Waals surface area contributed by atoms with Crippen molar-refractivity contribution in [3.05, 3.63) is 72.7 Å². The molecule has 11 nitrogen and oxygen atoms in total. The second-order valence-corrected chi connectivity index (χ2v) is 11.1. The quantitative estimate of drug-likeness (QED) is 0.265. The Labute approximate surface area is 206 Å². The van der Waals surface area contributed by atoms with E-state index < -0.39 is 26.0 Å². The summed E-state index contributed by atoms with van der Waals surface area (Å²) in [5.74, 6) is 0. The number of nitro groups is 1. The van der Waals surface area contributed by atoms with Crippen LogP contribution in [0, 0.1) is 10.1 Å². The fourth-order valence-corrected chi connectivity index (χ4v) is 5.04. The summed E-state index contributed by atoms with van der Waals surface area (Å²) < 4.78 is 25.3. The van der Waals surface area contributed by atoms with Crippen LogP contribution in [0.2, 0.25) is 10.0 Å². The van der Waals surface area contributed by atoms with E-state index in [0.29, 0.717) is 21.4 Å². The summed E-state index contributed by atoms with van der Waals surface area (Å²) in [5, 5.41) is 20.6. The summed E-state index contributed by atoms with van der Waals surface area (Å²) in [5.41, 5.74) is -0.0927. The summed E-state index contributed by atoms with van der Waals surface area (Å²) in [6.07, 6.45) is 2.56. The first kappa shape index (κ1) is 24.0. The molecule has 176 valence electrons. The van der Waals surface area contributed by atoms with Gasteiger partial charge in [0.2, 0.25) is 0 Å². The SMILES string of the molecule is CN(Cc1cn(-c2ccc(Cl)c(Cl)c2)nn1)c1nc(=O)c2cc(S(C)(=O)=O)cc([N+](=O)[O-])c2s1. The Kier molecular flexibility index (Phi) is 6.29. The van der Waals surface area contributed by atoms with Crippen molar-refractivity contribution in [3.8, 4) is 5.69 Å². The van der Waals surface area contributed by atoms with Gasteiger partial charge in [0, 0.05) is 19.4 Å². The van der Waals surface area contributed by atoms with Crippen LogP contribution < -0.4 is 10.5 Å². The molecule has 0 N–H and O–H groups in total. The van der Waals surface area contributed by atoms with Gasteiger partial charge in [-0.05, 0) is 24.3 Å². The van der Waals surface area contributed by atoms with Gasteiger partial charge in [-0.15, -0.1) is 5.10 Å². The minimum atomic E-state index is -3.77. The molecule has 15 heteroatoms. The molecule has 2 aromatic heterocycles. The summed E-state index contributed by atoms with van der Waals surface area (Å²) in [7, 11) is -2.13. The third kappa shape index (κ3) is 4.73. The predicted molar refractivity (Wildman–Crippen MR) is 129 cm³/mol. The van der Waals surface area contributed by atoms with Crippen LogP contribution in [0.5, 0.6) is 0 Å². The van der Waals surface area contributed by atoms with Crippen molar-refractivity contribution in [3.63, 3.8) is 0 Å². The Morgan fingerprint density at radius 1 is 1.21 bits per heavy atom. The summed E-state index contributed by atoms with van der Waals surface area (Å²) >= 11 is 12.9. The van der Waals surface area contributed by atoms with Crippen LogP contribution in [0.1, 0.15) is 5.69 Å². The van der Waals surface area contributed by atoms with Gasteiger partial charge in [-0.2, -0.15) is 4.98 Å². The lowest BCUT2D eigenvalue weighted by Crippen LogP contribution is -2.20. The van der Waals surface area contributed by atoms with Crippen LogP contribution in [0.3, 0.4) is 0 Å². The monoisotopic (exact) mass is 540 g/mol. The highest BCUT2D eigenvalue weighted by molar-refractivity contribution is 7.90. The number of benzene rings is 2. The maximum absolute atomic E-state index is 12.7. The highest BCUT2D eigenvalue weighted by atomic mass is 35.5. The van der Waals surface area contributed by atoms with E-state index in [-0.39, 0.29) is 26.7 Å². The minimum absolute atomic E-state index is 0.0266. The molecule has 0 saturated heterocycles. The van der Waals surface area contributed by atoms with E-state index >= 15 is 0 Å². The van der Waals surface area contributed by atoms with Crippen LogP contribution in [0.15, 0.2) is 46.2 Å². The van der Waals surface area contributed by atoms with E-state index in [2.05, 4.69) is 15.3 Å². The fourth-order valence-electron chi connectivity index (χ4n) is 3.06. The summed E-state index contributed by atoms with van der Waals surface area (Å²) in [4.78, 5) is 28.8. The van der Waals surface area contributed by atoms with Gasteiger partial charge in [0.15, 0.2) is 15.0 Å². The van der Waals surface area contributed by atoms with Gasteiger partial charge in [-0.3, -0.25) is 14.9 Å². The van der Waals surface area contributed by atoms with Gasteiger partial charge in [-0.1, -0.05) is 39.8 Å². The molecular weight excluding hydrogens is 527 g/mol. The maximum Gasteiger partial charge on any atom is 0.288 e. The van der Waals surface area contributed by atoms with E-state index in [1.807, 2.05) is 0 Å². The Hall–Kier alpha value is -3.13. The first-order valence-electron chi connectivity index (χ1n) is 9.35. The number of nitro benzene ring substituents is 1. The molecule has 4 rings (SSSR count). The zero-order valence-corrected chi connectivity index (χ0v) is 20.6. The third-order valence-corrected chi connectivity index (χ3v) is 7.77. The van der Waals surface area contributed by atoms with Crippen molar-refractivity contribution < 1.29 is 13.3 Å². The molecule has 0 saturated carbocycles. The number of anilines is 1. The molecule has 34 heavy (non-hydrogen) atoms. The number of halogens is 2. The highest BCUT2D eigenvalue weighted by Gasteiger charge is 2.23. The fraction of sp³-hybridized carbons (Fsp3) is 0.158. The second-order valence-electron chi connectivity index (χ2n) is 7.26. The van der Waals surface area contributed by atoms with Crippen molar-refractivity contribution in [1.29, 1.82) is 0 Å². The van der Waals surface area contributed by atoms with E-state index in [9.17, 15) is 23.3 Å². The molecule has 0 bridgehead atoms. The summed E-state index contributed by atoms with van der Waals surface area (Å²) in [6.45, 7) is 0.186. The second kappa shape index (κ2) is 8.91. The zero-order valence-electron chi connectivity index (χ0n) is 17.5. The number of non-ortho nitro benzene ring substituents is 1. The van der Waals surface area contributed by atoms with Crippen molar-refractivity contribution >= 4 is 65.3 Å². The lowest BCUT2D eigenvalue weighted by atomic mass is 10.2. The van der Waals surface area contributed by atoms with Gasteiger partial charge in [0.25, 0.3) is 11.2 Å². The highest BCUT2D eigenvalue weighted by Crippen LogP contribution is 2.34. The van der Waals surface area contributed by atoms with E-state index in [1.54, 1.807) is 36.3 Å². The Morgan fingerprint density at radius 3 is 2.59 bits per heavy atom. The lowest BCUT2D eigenvalue weighted by molar-refractivity contribution is -0.383. The van der Waals surface area contributed by atoms with Crippen LogP contribution in [0.4, 0.5) is 10.8 Å². The molecule has 0 aliphatic carbocycles. The number of hydrogen-bond donors (Lipinski definition) is 0. The molecule has 0 fully saturated rings. The van der Waals surface area contributed by atoms with Crippen molar-refractivity contribution in [2.75, 3.05) is 18.2 Å². The molecule has 0 spiro atoms. The smallest absolute Gasteiger partial charge is 0.288 e. The normalized spacial score (nSPS) is 11.6. The molecule has 0 aliphatic rings. The minimum Gasteiger partial charge on any atom is -0.345 e. The number of rotatable bonds is 6. The number of aromatic nitrogens is 4. The average molecular weight is 541 g/mol. The molecule has 2 heterocycles.